The second-order valence-corrected chi connectivity index (χ2v) is 5.37. The van der Waals surface area contributed by atoms with Crippen molar-refractivity contribution in [3.8, 4) is 0 Å². The van der Waals surface area contributed by atoms with Crippen LogP contribution in [-0.2, 0) is 9.47 Å². The van der Waals surface area contributed by atoms with Crippen molar-refractivity contribution >= 4 is 11.7 Å². The lowest BCUT2D eigenvalue weighted by molar-refractivity contribution is -0.0444. The Balaban J connectivity index is 1.91. The second kappa shape index (κ2) is 5.17. The summed E-state index contributed by atoms with van der Waals surface area (Å²) in [6.07, 6.45) is 1.72. The summed E-state index contributed by atoms with van der Waals surface area (Å²) in [6.45, 7) is 4.21. The highest BCUT2D eigenvalue weighted by Crippen LogP contribution is 2.29. The molecule has 1 aliphatic rings. The van der Waals surface area contributed by atoms with E-state index < -0.39 is 11.8 Å². The van der Waals surface area contributed by atoms with Gasteiger partial charge < -0.3 is 15.2 Å². The maximum absolute atomic E-state index is 12.9. The maximum atomic E-state index is 12.9. The first kappa shape index (κ1) is 13.8. The molecule has 0 bridgehead atoms. The highest BCUT2D eigenvalue weighted by atomic mass is 19.1. The minimum absolute atomic E-state index is 0.0812. The second-order valence-electron chi connectivity index (χ2n) is 5.37. The first-order chi connectivity index (χ1) is 8.87. The third-order valence-electron chi connectivity index (χ3n) is 3.19. The number of halogens is 1. The molecule has 0 aromatic heterocycles. The fourth-order valence-electron chi connectivity index (χ4n) is 2.16. The molecule has 104 valence electrons. The summed E-state index contributed by atoms with van der Waals surface area (Å²) in [7, 11) is 0. The number of esters is 1. The van der Waals surface area contributed by atoms with Gasteiger partial charge in [0.05, 0.1) is 17.3 Å². The van der Waals surface area contributed by atoms with Crippen LogP contribution in [0.25, 0.3) is 0 Å². The molecule has 2 rings (SSSR count). The number of hydrogen-bond acceptors (Lipinski definition) is 4. The molecule has 0 aliphatic carbocycles. The fraction of sp³-hybridized carbons (Fsp3) is 0.500. The van der Waals surface area contributed by atoms with Gasteiger partial charge in [-0.05, 0) is 44.9 Å². The predicted molar refractivity (Wildman–Crippen MR) is 69.3 cm³/mol. The van der Waals surface area contributed by atoms with Crippen molar-refractivity contribution in [2.75, 3.05) is 12.3 Å². The molecule has 1 aromatic carbocycles. The number of carbonyl (C=O) groups is 1. The van der Waals surface area contributed by atoms with E-state index in [2.05, 4.69) is 0 Å². The normalized spacial score (nSPS) is 21.3. The lowest BCUT2D eigenvalue weighted by atomic mass is 10.1. The van der Waals surface area contributed by atoms with Crippen LogP contribution in [0.15, 0.2) is 18.2 Å². The zero-order valence-corrected chi connectivity index (χ0v) is 11.1. The Morgan fingerprint density at radius 2 is 2.32 bits per heavy atom. The summed E-state index contributed by atoms with van der Waals surface area (Å²) in [6, 6.07) is 3.61. The molecule has 19 heavy (non-hydrogen) atoms. The number of ether oxygens (including phenoxy) is 2. The monoisotopic (exact) mass is 267 g/mol. The Hall–Kier alpha value is -1.62. The van der Waals surface area contributed by atoms with Crippen LogP contribution in [0.2, 0.25) is 0 Å². The molecule has 4 nitrogen and oxygen atoms in total. The Morgan fingerprint density at radius 1 is 1.58 bits per heavy atom. The van der Waals surface area contributed by atoms with Gasteiger partial charge in [0, 0.05) is 5.69 Å². The number of anilines is 1. The van der Waals surface area contributed by atoms with Gasteiger partial charge in [-0.3, -0.25) is 0 Å². The SMILES string of the molecule is CC1(C)CCC(COC(=O)c2ccc(F)cc2N)O1. The van der Waals surface area contributed by atoms with Crippen LogP contribution >= 0.6 is 0 Å². The molecule has 1 aromatic rings. The van der Waals surface area contributed by atoms with Crippen molar-refractivity contribution in [2.24, 2.45) is 0 Å². The third-order valence-corrected chi connectivity index (χ3v) is 3.19. The molecular weight excluding hydrogens is 249 g/mol. The fourth-order valence-corrected chi connectivity index (χ4v) is 2.16. The Labute approximate surface area is 111 Å². The van der Waals surface area contributed by atoms with Crippen molar-refractivity contribution in [3.05, 3.63) is 29.6 Å². The lowest BCUT2D eigenvalue weighted by Crippen LogP contribution is -2.24. The topological polar surface area (TPSA) is 61.5 Å². The van der Waals surface area contributed by atoms with Crippen molar-refractivity contribution < 1.29 is 18.7 Å². The summed E-state index contributed by atoms with van der Waals surface area (Å²) in [4.78, 5) is 11.8. The van der Waals surface area contributed by atoms with Crippen LogP contribution in [0, 0.1) is 5.82 Å². The molecule has 0 radical (unpaired) electrons. The van der Waals surface area contributed by atoms with E-state index in [9.17, 15) is 9.18 Å². The number of hydrogen-bond donors (Lipinski definition) is 1. The summed E-state index contributed by atoms with van der Waals surface area (Å²) in [5.74, 6) is -1.03. The highest BCUT2D eigenvalue weighted by Gasteiger charge is 2.32. The van der Waals surface area contributed by atoms with Crippen molar-refractivity contribution in [1.29, 1.82) is 0 Å². The molecular formula is C14H18FNO3. The molecule has 0 amide bonds. The zero-order chi connectivity index (χ0) is 14.0. The van der Waals surface area contributed by atoms with Gasteiger partial charge in [-0.1, -0.05) is 0 Å². The molecule has 5 heteroatoms. The van der Waals surface area contributed by atoms with Crippen LogP contribution in [0.3, 0.4) is 0 Å². The zero-order valence-electron chi connectivity index (χ0n) is 11.1. The highest BCUT2D eigenvalue weighted by molar-refractivity contribution is 5.95. The van der Waals surface area contributed by atoms with Crippen LogP contribution in [0.5, 0.6) is 0 Å². The number of carbonyl (C=O) groups excluding carboxylic acids is 1. The number of nitrogens with two attached hydrogens (primary N) is 1. The van der Waals surface area contributed by atoms with E-state index in [1.165, 1.54) is 12.1 Å². The van der Waals surface area contributed by atoms with Gasteiger partial charge in [-0.15, -0.1) is 0 Å². The summed E-state index contributed by atoms with van der Waals surface area (Å²) in [5, 5.41) is 0. The molecule has 0 spiro atoms. The van der Waals surface area contributed by atoms with Crippen LogP contribution < -0.4 is 5.73 Å². The molecule has 1 heterocycles. The average Bonchev–Trinajstić information content (AvgIpc) is 2.66. The number of rotatable bonds is 3. The van der Waals surface area contributed by atoms with Crippen molar-refractivity contribution in [2.45, 2.75) is 38.4 Å². The molecule has 1 unspecified atom stereocenters. The Kier molecular flexibility index (Phi) is 3.75. The average molecular weight is 267 g/mol. The van der Waals surface area contributed by atoms with Gasteiger partial charge in [0.25, 0.3) is 0 Å². The van der Waals surface area contributed by atoms with E-state index in [1.54, 1.807) is 0 Å². The first-order valence-corrected chi connectivity index (χ1v) is 6.27. The minimum Gasteiger partial charge on any atom is -0.459 e. The van der Waals surface area contributed by atoms with Crippen molar-refractivity contribution in [1.82, 2.24) is 0 Å². The third kappa shape index (κ3) is 3.44. The molecule has 1 atom stereocenters. The first-order valence-electron chi connectivity index (χ1n) is 6.27. The van der Waals surface area contributed by atoms with Gasteiger partial charge in [0.15, 0.2) is 0 Å². The van der Waals surface area contributed by atoms with Crippen molar-refractivity contribution in [3.63, 3.8) is 0 Å². The van der Waals surface area contributed by atoms with E-state index >= 15 is 0 Å². The van der Waals surface area contributed by atoms with E-state index in [-0.39, 0.29) is 29.6 Å². The standard InChI is InChI=1S/C14H18FNO3/c1-14(2)6-5-10(19-14)8-18-13(17)11-4-3-9(15)7-12(11)16/h3-4,7,10H,5-6,8,16H2,1-2H3. The number of benzene rings is 1. The van der Waals surface area contributed by atoms with E-state index in [0.29, 0.717) is 0 Å². The van der Waals surface area contributed by atoms with E-state index in [0.717, 1.165) is 18.9 Å². The van der Waals surface area contributed by atoms with E-state index in [4.69, 9.17) is 15.2 Å². The maximum Gasteiger partial charge on any atom is 0.340 e. The summed E-state index contributed by atoms with van der Waals surface area (Å²) in [5.41, 5.74) is 5.68. The Morgan fingerprint density at radius 3 is 2.89 bits per heavy atom. The van der Waals surface area contributed by atoms with Gasteiger partial charge in [-0.2, -0.15) is 0 Å². The van der Waals surface area contributed by atoms with Gasteiger partial charge in [-0.25, -0.2) is 9.18 Å². The Bertz CT molecular complexity index is 488. The molecule has 1 aliphatic heterocycles. The quantitative estimate of drug-likeness (QED) is 0.675. The summed E-state index contributed by atoms with van der Waals surface area (Å²) < 4.78 is 23.8. The number of nitrogen functional groups attached to an aromatic ring is 1. The van der Waals surface area contributed by atoms with Crippen LogP contribution in [0.4, 0.5) is 10.1 Å². The lowest BCUT2D eigenvalue weighted by Gasteiger charge is -2.19. The van der Waals surface area contributed by atoms with Gasteiger partial charge in [0.1, 0.15) is 12.4 Å². The predicted octanol–water partition coefficient (Wildman–Crippen LogP) is 2.52. The van der Waals surface area contributed by atoms with Crippen LogP contribution in [-0.4, -0.2) is 24.3 Å². The largest absolute Gasteiger partial charge is 0.459 e. The van der Waals surface area contributed by atoms with E-state index in [1.807, 2.05) is 13.8 Å². The smallest absolute Gasteiger partial charge is 0.340 e. The van der Waals surface area contributed by atoms with Crippen LogP contribution in [0.1, 0.15) is 37.0 Å². The van der Waals surface area contributed by atoms with Gasteiger partial charge >= 0.3 is 5.97 Å². The van der Waals surface area contributed by atoms with Gasteiger partial charge in [0.2, 0.25) is 0 Å². The molecule has 1 saturated heterocycles. The molecule has 0 saturated carbocycles. The minimum atomic E-state index is -0.550. The summed E-state index contributed by atoms with van der Waals surface area (Å²) >= 11 is 0. The molecule has 1 fully saturated rings. The molecule has 2 N–H and O–H groups in total.